The van der Waals surface area contributed by atoms with E-state index in [1.165, 1.54) is 13.0 Å². The molecule has 0 atom stereocenters. The zero-order chi connectivity index (χ0) is 29.2. The van der Waals surface area contributed by atoms with E-state index in [0.29, 0.717) is 60.3 Å². The van der Waals surface area contributed by atoms with Crippen LogP contribution in [0.2, 0.25) is 0 Å². The molecule has 5 heterocycles. The number of carbonyl (C=O) groups excluding carboxylic acids is 1. The molecule has 1 aliphatic rings. The first-order valence-corrected chi connectivity index (χ1v) is 13.6. The molecule has 5 aromatic rings. The Morgan fingerprint density at radius 3 is 2.57 bits per heavy atom. The number of morpholine rings is 1. The molecule has 0 saturated carbocycles. The first-order chi connectivity index (χ1) is 20.4. The van der Waals surface area contributed by atoms with Gasteiger partial charge in [-0.2, -0.15) is 0 Å². The molecule has 212 valence electrons. The Labute approximate surface area is 241 Å². The van der Waals surface area contributed by atoms with Crippen LogP contribution in [0.3, 0.4) is 0 Å². The van der Waals surface area contributed by atoms with Crippen molar-refractivity contribution in [2.75, 3.05) is 36.5 Å². The van der Waals surface area contributed by atoms with Gasteiger partial charge < -0.3 is 15.0 Å². The molecule has 10 heteroatoms. The van der Waals surface area contributed by atoms with Crippen molar-refractivity contribution in [3.63, 3.8) is 0 Å². The average molecular weight is 567 g/mol. The molecule has 1 N–H and O–H groups in total. The summed E-state index contributed by atoms with van der Waals surface area (Å²) in [6.07, 6.45) is 5.34. The minimum absolute atomic E-state index is 0.0244. The molecule has 4 aromatic heterocycles. The van der Waals surface area contributed by atoms with Gasteiger partial charge in [0.05, 0.1) is 46.9 Å². The number of carbonyl (C=O) groups is 1. The number of hydrogen-bond acceptors (Lipinski definition) is 8. The second kappa shape index (κ2) is 11.6. The van der Waals surface area contributed by atoms with Crippen LogP contribution >= 0.6 is 0 Å². The van der Waals surface area contributed by atoms with E-state index < -0.39 is 11.6 Å². The van der Waals surface area contributed by atoms with Crippen LogP contribution in [-0.4, -0.2) is 52.0 Å². The Kier molecular flexibility index (Phi) is 7.54. The third kappa shape index (κ3) is 5.53. The van der Waals surface area contributed by atoms with Crippen LogP contribution in [0.5, 0.6) is 0 Å². The summed E-state index contributed by atoms with van der Waals surface area (Å²) in [5.74, 6) is -0.685. The molecule has 0 radical (unpaired) electrons. The van der Waals surface area contributed by atoms with Crippen molar-refractivity contribution >= 4 is 33.9 Å². The second-order valence-corrected chi connectivity index (χ2v) is 10.2. The normalized spacial score (nSPS) is 13.4. The van der Waals surface area contributed by atoms with Gasteiger partial charge in [0.25, 0.3) is 0 Å². The van der Waals surface area contributed by atoms with Crippen LogP contribution < -0.4 is 10.2 Å². The Morgan fingerprint density at radius 1 is 1.02 bits per heavy atom. The van der Waals surface area contributed by atoms with Crippen LogP contribution in [0.1, 0.15) is 18.2 Å². The summed E-state index contributed by atoms with van der Waals surface area (Å²) < 4.78 is 35.4. The minimum atomic E-state index is -0.727. The molecule has 0 spiro atoms. The molecule has 0 amide bonds. The molecule has 8 nitrogen and oxygen atoms in total. The Bertz CT molecular complexity index is 1770. The fourth-order valence-electron chi connectivity index (χ4n) is 5.14. The number of anilines is 3. The fraction of sp³-hybridized carbons (Fsp3) is 0.219. The topological polar surface area (TPSA) is 93.1 Å². The van der Waals surface area contributed by atoms with Crippen molar-refractivity contribution < 1.29 is 18.3 Å². The van der Waals surface area contributed by atoms with E-state index >= 15 is 4.39 Å². The number of ketones is 1. The number of rotatable bonds is 7. The van der Waals surface area contributed by atoms with E-state index in [9.17, 15) is 9.18 Å². The lowest BCUT2D eigenvalue weighted by Crippen LogP contribution is -2.36. The van der Waals surface area contributed by atoms with Gasteiger partial charge >= 0.3 is 0 Å². The lowest BCUT2D eigenvalue weighted by Gasteiger charge is -2.28. The van der Waals surface area contributed by atoms with Gasteiger partial charge in [-0.25, -0.2) is 18.7 Å². The Morgan fingerprint density at radius 2 is 1.86 bits per heavy atom. The van der Waals surface area contributed by atoms with Crippen LogP contribution in [0, 0.1) is 18.6 Å². The maximum Gasteiger partial charge on any atom is 0.137 e. The summed E-state index contributed by atoms with van der Waals surface area (Å²) in [5, 5.41) is 3.63. The van der Waals surface area contributed by atoms with Gasteiger partial charge in [0.2, 0.25) is 0 Å². The SMILES string of the molecule is CC(=O)Cc1ccc(-c2cnc(N3CCOCC3)cc2Nc2c(C)c(-c3ccccn3)nc3cc(F)cc(F)c23)cn1. The van der Waals surface area contributed by atoms with Crippen molar-refractivity contribution in [2.24, 2.45) is 0 Å². The van der Waals surface area contributed by atoms with E-state index in [2.05, 4.69) is 25.2 Å². The minimum Gasteiger partial charge on any atom is -0.378 e. The molecule has 0 unspecified atom stereocenters. The van der Waals surface area contributed by atoms with Gasteiger partial charge in [0.1, 0.15) is 23.2 Å². The smallest absolute Gasteiger partial charge is 0.137 e. The summed E-state index contributed by atoms with van der Waals surface area (Å²) in [6, 6.07) is 13.1. The number of pyridine rings is 4. The molecule has 1 aliphatic heterocycles. The van der Waals surface area contributed by atoms with Crippen LogP contribution in [0.25, 0.3) is 33.4 Å². The highest BCUT2D eigenvalue weighted by atomic mass is 19.1. The first kappa shape index (κ1) is 27.3. The van der Waals surface area contributed by atoms with Crippen LogP contribution in [0.4, 0.5) is 26.0 Å². The highest BCUT2D eigenvalue weighted by molar-refractivity contribution is 5.99. The zero-order valence-corrected chi connectivity index (χ0v) is 23.2. The van der Waals surface area contributed by atoms with Gasteiger partial charge in [0, 0.05) is 78.7 Å². The second-order valence-electron chi connectivity index (χ2n) is 10.2. The van der Waals surface area contributed by atoms with Crippen molar-refractivity contribution in [2.45, 2.75) is 20.3 Å². The lowest BCUT2D eigenvalue weighted by atomic mass is 10.0. The summed E-state index contributed by atoms with van der Waals surface area (Å²) in [5.41, 5.74) is 5.15. The number of fused-ring (bicyclic) bond motifs is 1. The van der Waals surface area contributed by atoms with Gasteiger partial charge in [-0.05, 0) is 32.0 Å². The van der Waals surface area contributed by atoms with Crippen LogP contribution in [0.15, 0.2) is 67.1 Å². The molecule has 6 rings (SSSR count). The highest BCUT2D eigenvalue weighted by Gasteiger charge is 2.21. The number of ether oxygens (including phenoxy) is 1. The highest BCUT2D eigenvalue weighted by Crippen LogP contribution is 2.39. The van der Waals surface area contributed by atoms with E-state index in [1.807, 2.05) is 37.3 Å². The third-order valence-corrected chi connectivity index (χ3v) is 7.20. The fourth-order valence-corrected chi connectivity index (χ4v) is 5.14. The van der Waals surface area contributed by atoms with Crippen molar-refractivity contribution in [1.82, 2.24) is 19.9 Å². The van der Waals surface area contributed by atoms with E-state index in [1.54, 1.807) is 24.7 Å². The molecular formula is C32H28F2N6O2. The summed E-state index contributed by atoms with van der Waals surface area (Å²) in [7, 11) is 0. The number of aromatic nitrogens is 4. The molecule has 1 aromatic carbocycles. The Balaban J connectivity index is 1.53. The number of benzene rings is 1. The monoisotopic (exact) mass is 566 g/mol. The summed E-state index contributed by atoms with van der Waals surface area (Å²) in [4.78, 5) is 32.0. The molecule has 0 aliphatic carbocycles. The van der Waals surface area contributed by atoms with Crippen molar-refractivity contribution in [3.05, 3.63) is 90.0 Å². The first-order valence-electron chi connectivity index (χ1n) is 13.6. The molecule has 42 heavy (non-hydrogen) atoms. The summed E-state index contributed by atoms with van der Waals surface area (Å²) in [6.45, 7) is 5.91. The largest absolute Gasteiger partial charge is 0.378 e. The molecule has 1 fully saturated rings. The lowest BCUT2D eigenvalue weighted by molar-refractivity contribution is -0.116. The maximum absolute atomic E-state index is 15.5. The van der Waals surface area contributed by atoms with E-state index in [0.717, 1.165) is 23.0 Å². The standard InChI is InChI=1S/C32H28F2N6O2/c1-19(41)13-23-7-6-21(17-36-23)24-18-37-29(40-9-11-42-12-10-40)16-27(24)38-32-20(2)31(26-5-3-4-8-35-26)39-28-15-22(33)14-25(34)30(28)32/h3-8,14-18H,9-13H2,1-2H3,(H,37,38,39). The number of hydrogen-bond donors (Lipinski definition) is 1. The Hall–Kier alpha value is -4.83. The number of nitrogens with one attached hydrogen (secondary N) is 1. The van der Waals surface area contributed by atoms with Gasteiger partial charge in [-0.15, -0.1) is 0 Å². The third-order valence-electron chi connectivity index (χ3n) is 7.20. The van der Waals surface area contributed by atoms with Gasteiger partial charge in [-0.1, -0.05) is 12.1 Å². The number of Topliss-reactive ketones (excluding diaryl/α,β-unsaturated/α-hetero) is 1. The number of halogens is 2. The number of nitrogens with zero attached hydrogens (tertiary/aromatic N) is 5. The predicted molar refractivity (Wildman–Crippen MR) is 158 cm³/mol. The zero-order valence-electron chi connectivity index (χ0n) is 23.2. The average Bonchev–Trinajstić information content (AvgIpc) is 2.99. The van der Waals surface area contributed by atoms with Crippen molar-refractivity contribution in [3.8, 4) is 22.5 Å². The van der Waals surface area contributed by atoms with Crippen molar-refractivity contribution in [1.29, 1.82) is 0 Å². The predicted octanol–water partition coefficient (Wildman–Crippen LogP) is 6.05. The molecule has 1 saturated heterocycles. The molecular weight excluding hydrogens is 538 g/mol. The van der Waals surface area contributed by atoms with E-state index in [4.69, 9.17) is 9.72 Å². The van der Waals surface area contributed by atoms with Gasteiger partial charge in [0.15, 0.2) is 0 Å². The van der Waals surface area contributed by atoms with E-state index in [-0.39, 0.29) is 23.1 Å². The maximum atomic E-state index is 15.5. The van der Waals surface area contributed by atoms with Crippen LogP contribution in [-0.2, 0) is 16.0 Å². The van der Waals surface area contributed by atoms with Gasteiger partial charge in [-0.3, -0.25) is 14.8 Å². The quantitative estimate of drug-likeness (QED) is 0.255. The summed E-state index contributed by atoms with van der Waals surface area (Å²) >= 11 is 0. The molecule has 0 bridgehead atoms.